The maximum Gasteiger partial charge on any atom is 0.199 e. The zero-order valence-electron chi connectivity index (χ0n) is 10.9. The normalized spacial score (nSPS) is 11.6. The van der Waals surface area contributed by atoms with Crippen LogP contribution >= 0.6 is 15.9 Å². The average Bonchev–Trinajstić information content (AvgIpc) is 2.73. The second-order valence-corrected chi connectivity index (χ2v) is 5.91. The van der Waals surface area contributed by atoms with Gasteiger partial charge in [-0.05, 0) is 22.0 Å². The molecule has 0 unspecified atom stereocenters. The monoisotopic (exact) mass is 309 g/mol. The van der Waals surface area contributed by atoms with Gasteiger partial charge in [-0.1, -0.05) is 20.8 Å². The molecule has 0 aliphatic carbocycles. The minimum atomic E-state index is -0.0393. The highest BCUT2D eigenvalue weighted by atomic mass is 79.9. The van der Waals surface area contributed by atoms with Crippen LogP contribution in [0.1, 0.15) is 26.5 Å². The lowest BCUT2D eigenvalue weighted by Gasteiger charge is -2.19. The third-order valence-corrected chi connectivity index (χ3v) is 3.20. The van der Waals surface area contributed by atoms with Gasteiger partial charge in [0.25, 0.3) is 0 Å². The van der Waals surface area contributed by atoms with Crippen LogP contribution in [-0.2, 0) is 5.41 Å². The molecule has 0 fully saturated rings. The molecule has 2 rings (SSSR count). The Balaban J connectivity index is 2.58. The number of nitrogens with zero attached hydrogens (tertiary/aromatic N) is 2. The number of nitrogens with one attached hydrogen (secondary N) is 1. The van der Waals surface area contributed by atoms with Gasteiger partial charge in [0.2, 0.25) is 0 Å². The highest BCUT2D eigenvalue weighted by molar-refractivity contribution is 9.10. The van der Waals surface area contributed by atoms with E-state index in [1.165, 1.54) is 0 Å². The molecule has 0 saturated carbocycles. The predicted molar refractivity (Wildman–Crippen MR) is 75.7 cm³/mol. The number of halogens is 1. The Hall–Kier alpha value is -1.36. The highest BCUT2D eigenvalue weighted by Gasteiger charge is 2.20. The van der Waals surface area contributed by atoms with Crippen molar-refractivity contribution in [1.82, 2.24) is 9.97 Å². The molecule has 0 amide bonds. The molecule has 0 aromatic carbocycles. The molecule has 0 aliphatic heterocycles. The summed E-state index contributed by atoms with van der Waals surface area (Å²) in [4.78, 5) is 9.00. The van der Waals surface area contributed by atoms with Crippen molar-refractivity contribution < 1.29 is 4.42 Å². The zero-order chi connectivity index (χ0) is 13.3. The molecule has 2 aromatic rings. The lowest BCUT2D eigenvalue weighted by molar-refractivity contribution is 0.557. The smallest absolute Gasteiger partial charge is 0.199 e. The van der Waals surface area contributed by atoms with Crippen molar-refractivity contribution in [3.63, 3.8) is 0 Å². The van der Waals surface area contributed by atoms with E-state index in [-0.39, 0.29) is 5.41 Å². The summed E-state index contributed by atoms with van der Waals surface area (Å²) < 4.78 is 6.27. The Bertz CT molecular complexity index is 558. The first-order valence-corrected chi connectivity index (χ1v) is 6.52. The quantitative estimate of drug-likeness (QED) is 0.915. The number of hydrogen-bond donors (Lipinski definition) is 1. The van der Waals surface area contributed by atoms with E-state index in [1.54, 1.807) is 6.26 Å². The number of anilines is 1. The second-order valence-electron chi connectivity index (χ2n) is 5.06. The van der Waals surface area contributed by atoms with E-state index in [2.05, 4.69) is 52.0 Å². The van der Waals surface area contributed by atoms with Gasteiger partial charge >= 0.3 is 0 Å². The van der Waals surface area contributed by atoms with Gasteiger partial charge in [-0.15, -0.1) is 0 Å². The summed E-state index contributed by atoms with van der Waals surface area (Å²) in [6, 6.07) is 3.79. The van der Waals surface area contributed by atoms with Crippen LogP contribution in [0.4, 0.5) is 5.82 Å². The average molecular weight is 310 g/mol. The summed E-state index contributed by atoms with van der Waals surface area (Å²) in [7, 11) is 1.84. The van der Waals surface area contributed by atoms with Gasteiger partial charge < -0.3 is 9.73 Å². The van der Waals surface area contributed by atoms with Gasteiger partial charge in [0.15, 0.2) is 11.6 Å². The topological polar surface area (TPSA) is 51.0 Å². The standard InChI is InChI=1S/C13H16BrN3O/c1-13(2,3)9-7-10(15-4)17-12(16-9)11-8(14)5-6-18-11/h5-7H,1-4H3,(H,15,16,17). The van der Waals surface area contributed by atoms with Crippen LogP contribution in [0.25, 0.3) is 11.6 Å². The summed E-state index contributed by atoms with van der Waals surface area (Å²) in [5.74, 6) is 2.02. The van der Waals surface area contributed by atoms with E-state index in [4.69, 9.17) is 4.42 Å². The van der Waals surface area contributed by atoms with E-state index < -0.39 is 0 Å². The molecule has 4 nitrogen and oxygen atoms in total. The minimum Gasteiger partial charge on any atom is -0.460 e. The van der Waals surface area contributed by atoms with E-state index in [0.717, 1.165) is 16.0 Å². The summed E-state index contributed by atoms with van der Waals surface area (Å²) in [5, 5.41) is 3.05. The molecule has 2 aromatic heterocycles. The lowest BCUT2D eigenvalue weighted by Crippen LogP contribution is -2.15. The van der Waals surface area contributed by atoms with E-state index in [1.807, 2.05) is 19.2 Å². The van der Waals surface area contributed by atoms with E-state index in [9.17, 15) is 0 Å². The SMILES string of the molecule is CNc1cc(C(C)(C)C)nc(-c2occc2Br)n1. The van der Waals surface area contributed by atoms with Crippen molar-refractivity contribution in [2.45, 2.75) is 26.2 Å². The molecule has 0 atom stereocenters. The van der Waals surface area contributed by atoms with Gasteiger partial charge in [0.05, 0.1) is 16.4 Å². The highest BCUT2D eigenvalue weighted by Crippen LogP contribution is 2.30. The van der Waals surface area contributed by atoms with Crippen LogP contribution in [0.15, 0.2) is 27.3 Å². The van der Waals surface area contributed by atoms with E-state index in [0.29, 0.717) is 11.6 Å². The largest absolute Gasteiger partial charge is 0.460 e. The zero-order valence-corrected chi connectivity index (χ0v) is 12.5. The number of rotatable bonds is 2. The van der Waals surface area contributed by atoms with Crippen molar-refractivity contribution >= 4 is 21.7 Å². The molecule has 0 saturated heterocycles. The summed E-state index contributed by atoms with van der Waals surface area (Å²) in [5.41, 5.74) is 0.933. The molecule has 0 bridgehead atoms. The van der Waals surface area contributed by atoms with Crippen LogP contribution in [0.3, 0.4) is 0 Å². The molecule has 96 valence electrons. The molecule has 18 heavy (non-hydrogen) atoms. The molecule has 1 N–H and O–H groups in total. The van der Waals surface area contributed by atoms with Crippen molar-refractivity contribution in [3.05, 3.63) is 28.6 Å². The lowest BCUT2D eigenvalue weighted by atomic mass is 9.92. The third kappa shape index (κ3) is 2.56. The summed E-state index contributed by atoms with van der Waals surface area (Å²) in [6.07, 6.45) is 1.62. The fourth-order valence-corrected chi connectivity index (χ4v) is 1.89. The van der Waals surface area contributed by atoms with E-state index >= 15 is 0 Å². The molecule has 0 radical (unpaired) electrons. The molecular weight excluding hydrogens is 294 g/mol. The number of hydrogen-bond acceptors (Lipinski definition) is 4. The Morgan fingerprint density at radius 2 is 2.00 bits per heavy atom. The molecule has 2 heterocycles. The molecular formula is C13H16BrN3O. The molecule has 0 spiro atoms. The summed E-state index contributed by atoms with van der Waals surface area (Å²) >= 11 is 3.43. The van der Waals surface area contributed by atoms with Crippen LogP contribution < -0.4 is 5.32 Å². The fraction of sp³-hybridized carbons (Fsp3) is 0.385. The van der Waals surface area contributed by atoms with Crippen LogP contribution in [-0.4, -0.2) is 17.0 Å². The third-order valence-electron chi connectivity index (χ3n) is 2.57. The van der Waals surface area contributed by atoms with Gasteiger partial charge in [-0.3, -0.25) is 0 Å². The first-order chi connectivity index (χ1) is 8.41. The Kier molecular flexibility index (Phi) is 3.43. The van der Waals surface area contributed by atoms with Gasteiger partial charge in [0.1, 0.15) is 5.82 Å². The van der Waals surface area contributed by atoms with Gasteiger partial charge in [0, 0.05) is 18.5 Å². The van der Waals surface area contributed by atoms with Gasteiger partial charge in [-0.2, -0.15) is 0 Å². The molecule has 0 aliphatic rings. The Labute approximate surface area is 115 Å². The number of aromatic nitrogens is 2. The van der Waals surface area contributed by atoms with Crippen molar-refractivity contribution in [3.8, 4) is 11.6 Å². The minimum absolute atomic E-state index is 0.0393. The van der Waals surface area contributed by atoms with Gasteiger partial charge in [-0.25, -0.2) is 9.97 Å². The van der Waals surface area contributed by atoms with Crippen LogP contribution in [0, 0.1) is 0 Å². The number of furan rings is 1. The van der Waals surface area contributed by atoms with Crippen molar-refractivity contribution in [2.75, 3.05) is 12.4 Å². The maximum atomic E-state index is 5.42. The van der Waals surface area contributed by atoms with Crippen molar-refractivity contribution in [1.29, 1.82) is 0 Å². The van der Waals surface area contributed by atoms with Crippen LogP contribution in [0.2, 0.25) is 0 Å². The molecule has 5 heteroatoms. The Morgan fingerprint density at radius 3 is 2.50 bits per heavy atom. The first-order valence-electron chi connectivity index (χ1n) is 5.72. The summed E-state index contributed by atoms with van der Waals surface area (Å²) in [6.45, 7) is 6.36. The Morgan fingerprint density at radius 1 is 1.28 bits per heavy atom. The predicted octanol–water partition coefficient (Wildman–Crippen LogP) is 3.84. The maximum absolute atomic E-state index is 5.42. The van der Waals surface area contributed by atoms with Crippen molar-refractivity contribution in [2.24, 2.45) is 0 Å². The fourth-order valence-electron chi connectivity index (χ4n) is 1.51. The van der Waals surface area contributed by atoms with Crippen LogP contribution in [0.5, 0.6) is 0 Å². The second kappa shape index (κ2) is 4.72. The first kappa shape index (κ1) is 13.1.